The van der Waals surface area contributed by atoms with Crippen LogP contribution in [-0.4, -0.2) is 28.7 Å². The van der Waals surface area contributed by atoms with Gasteiger partial charge in [0.25, 0.3) is 5.91 Å². The quantitative estimate of drug-likeness (QED) is 0.499. The van der Waals surface area contributed by atoms with Gasteiger partial charge in [-0.2, -0.15) is 5.26 Å². The number of nitriles is 1. The molecule has 0 aliphatic heterocycles. The Balaban J connectivity index is 1.65. The number of rotatable bonds is 7. The van der Waals surface area contributed by atoms with Gasteiger partial charge in [0.1, 0.15) is 11.3 Å². The number of ether oxygens (including phenoxy) is 1. The van der Waals surface area contributed by atoms with E-state index in [4.69, 9.17) is 9.26 Å². The highest BCUT2D eigenvalue weighted by molar-refractivity contribution is 7.98. The monoisotopic (exact) mass is 441 g/mol. The molecule has 1 aliphatic rings. The van der Waals surface area contributed by atoms with Crippen LogP contribution in [0.1, 0.15) is 66.4 Å². The standard InChI is InChI=1S/C23H27N3O4S/c1-15-19(16(2)30-26-15)13-31-20-10-6-5-9-18(20)22(28)29-17(3)21(27)25-23(14-24)11-7-4-8-12-23/h5-6,9-10,17H,4,7-8,11-13H2,1-3H3,(H,25,27). The van der Waals surface area contributed by atoms with Gasteiger partial charge in [0.2, 0.25) is 0 Å². The number of hydrogen-bond acceptors (Lipinski definition) is 7. The largest absolute Gasteiger partial charge is 0.449 e. The summed E-state index contributed by atoms with van der Waals surface area (Å²) in [6, 6.07) is 9.38. The Hall–Kier alpha value is -2.79. The molecule has 0 saturated heterocycles. The lowest BCUT2D eigenvalue weighted by Crippen LogP contribution is -2.52. The lowest BCUT2D eigenvalue weighted by molar-refractivity contribution is -0.130. The van der Waals surface area contributed by atoms with Crippen LogP contribution < -0.4 is 5.32 Å². The van der Waals surface area contributed by atoms with E-state index in [1.807, 2.05) is 26.0 Å². The fourth-order valence-electron chi connectivity index (χ4n) is 3.65. The average molecular weight is 442 g/mol. The smallest absolute Gasteiger partial charge is 0.340 e. The summed E-state index contributed by atoms with van der Waals surface area (Å²) in [5.74, 6) is 0.341. The van der Waals surface area contributed by atoms with Gasteiger partial charge in [-0.25, -0.2) is 4.79 Å². The van der Waals surface area contributed by atoms with Crippen molar-refractivity contribution in [3.05, 3.63) is 46.8 Å². The Labute approximate surface area is 186 Å². The van der Waals surface area contributed by atoms with Gasteiger partial charge in [-0.1, -0.05) is 36.6 Å². The van der Waals surface area contributed by atoms with E-state index in [9.17, 15) is 14.9 Å². The molecule has 1 N–H and O–H groups in total. The fraction of sp³-hybridized carbons (Fsp3) is 0.478. The van der Waals surface area contributed by atoms with Crippen molar-refractivity contribution in [3.63, 3.8) is 0 Å². The summed E-state index contributed by atoms with van der Waals surface area (Å²) in [5, 5.41) is 16.3. The molecule has 8 heteroatoms. The number of aromatic nitrogens is 1. The molecule has 31 heavy (non-hydrogen) atoms. The highest BCUT2D eigenvalue weighted by Gasteiger charge is 2.35. The molecule has 1 atom stereocenters. The second-order valence-electron chi connectivity index (χ2n) is 7.88. The third-order valence-electron chi connectivity index (χ3n) is 5.60. The molecule has 1 heterocycles. The lowest BCUT2D eigenvalue weighted by Gasteiger charge is -2.32. The molecule has 0 spiro atoms. The Morgan fingerprint density at radius 3 is 2.65 bits per heavy atom. The first-order valence-corrected chi connectivity index (χ1v) is 11.4. The molecular weight excluding hydrogens is 414 g/mol. The van der Waals surface area contributed by atoms with Crippen molar-refractivity contribution in [2.45, 2.75) is 75.2 Å². The second kappa shape index (κ2) is 10.0. The molecule has 1 fully saturated rings. The molecule has 2 aromatic rings. The van der Waals surface area contributed by atoms with Crippen LogP contribution in [0.2, 0.25) is 0 Å². The zero-order valence-electron chi connectivity index (χ0n) is 18.1. The second-order valence-corrected chi connectivity index (χ2v) is 8.90. The number of nitrogens with one attached hydrogen (secondary N) is 1. The van der Waals surface area contributed by atoms with E-state index in [-0.39, 0.29) is 0 Å². The van der Waals surface area contributed by atoms with Crippen LogP contribution in [0.3, 0.4) is 0 Å². The molecule has 7 nitrogen and oxygen atoms in total. The van der Waals surface area contributed by atoms with Gasteiger partial charge in [-0.15, -0.1) is 11.8 Å². The maximum absolute atomic E-state index is 12.8. The number of carbonyl (C=O) groups is 2. The minimum absolute atomic E-state index is 0.395. The molecule has 164 valence electrons. The summed E-state index contributed by atoms with van der Waals surface area (Å²) in [5.41, 5.74) is 1.35. The predicted octanol–water partition coefficient (Wildman–Crippen LogP) is 4.47. The molecule has 1 aromatic heterocycles. The number of benzene rings is 1. The fourth-order valence-corrected chi connectivity index (χ4v) is 4.85. The molecule has 0 bridgehead atoms. The van der Waals surface area contributed by atoms with Gasteiger partial charge in [0, 0.05) is 16.2 Å². The maximum atomic E-state index is 12.8. The first-order valence-electron chi connectivity index (χ1n) is 10.4. The van der Waals surface area contributed by atoms with Crippen molar-refractivity contribution >= 4 is 23.6 Å². The Morgan fingerprint density at radius 2 is 2.00 bits per heavy atom. The van der Waals surface area contributed by atoms with E-state index in [0.29, 0.717) is 24.2 Å². The first-order chi connectivity index (χ1) is 14.8. The molecule has 1 saturated carbocycles. The van der Waals surface area contributed by atoms with Gasteiger partial charge in [-0.05, 0) is 45.7 Å². The van der Waals surface area contributed by atoms with Crippen LogP contribution in [0.25, 0.3) is 0 Å². The normalized spacial score (nSPS) is 16.2. The van der Waals surface area contributed by atoms with Crippen LogP contribution >= 0.6 is 11.8 Å². The van der Waals surface area contributed by atoms with Crippen LogP contribution in [-0.2, 0) is 15.3 Å². The van der Waals surface area contributed by atoms with Crippen molar-refractivity contribution in [2.75, 3.05) is 0 Å². The molecule has 1 aromatic carbocycles. The van der Waals surface area contributed by atoms with Crippen LogP contribution in [0.15, 0.2) is 33.7 Å². The minimum atomic E-state index is -1.000. The predicted molar refractivity (Wildman–Crippen MR) is 116 cm³/mol. The van der Waals surface area contributed by atoms with E-state index < -0.39 is 23.5 Å². The Bertz CT molecular complexity index is 969. The highest BCUT2D eigenvalue weighted by Crippen LogP contribution is 2.30. The van der Waals surface area contributed by atoms with Crippen molar-refractivity contribution in [1.29, 1.82) is 5.26 Å². The summed E-state index contributed by atoms with van der Waals surface area (Å²) >= 11 is 1.48. The van der Waals surface area contributed by atoms with Crippen molar-refractivity contribution in [3.8, 4) is 6.07 Å². The van der Waals surface area contributed by atoms with E-state index in [0.717, 1.165) is 41.2 Å². The third-order valence-corrected chi connectivity index (χ3v) is 6.70. The van der Waals surface area contributed by atoms with E-state index in [1.165, 1.54) is 18.7 Å². The number of amides is 1. The van der Waals surface area contributed by atoms with Crippen molar-refractivity contribution < 1.29 is 18.8 Å². The van der Waals surface area contributed by atoms with E-state index in [1.54, 1.807) is 12.1 Å². The van der Waals surface area contributed by atoms with Gasteiger partial charge in [0.05, 0.1) is 17.3 Å². The maximum Gasteiger partial charge on any atom is 0.340 e. The summed E-state index contributed by atoms with van der Waals surface area (Å²) in [6.45, 7) is 5.27. The third kappa shape index (κ3) is 5.47. The van der Waals surface area contributed by atoms with Gasteiger partial charge in [-0.3, -0.25) is 4.79 Å². The topological polar surface area (TPSA) is 105 Å². The van der Waals surface area contributed by atoms with Crippen molar-refractivity contribution in [1.82, 2.24) is 10.5 Å². The number of aryl methyl sites for hydroxylation is 2. The number of nitrogens with zero attached hydrogens (tertiary/aromatic N) is 2. The molecule has 1 unspecified atom stereocenters. The Kier molecular flexibility index (Phi) is 7.39. The summed E-state index contributed by atoms with van der Waals surface area (Å²) in [4.78, 5) is 26.2. The number of thioether (sulfide) groups is 1. The molecule has 1 amide bonds. The van der Waals surface area contributed by atoms with Gasteiger partial charge in [0.15, 0.2) is 6.10 Å². The molecule has 1 aliphatic carbocycles. The van der Waals surface area contributed by atoms with Gasteiger partial charge < -0.3 is 14.6 Å². The van der Waals surface area contributed by atoms with E-state index in [2.05, 4.69) is 16.5 Å². The summed E-state index contributed by atoms with van der Waals surface area (Å²) < 4.78 is 10.6. The minimum Gasteiger partial charge on any atom is -0.449 e. The molecule has 3 rings (SSSR count). The zero-order chi connectivity index (χ0) is 22.4. The zero-order valence-corrected chi connectivity index (χ0v) is 18.9. The van der Waals surface area contributed by atoms with Crippen LogP contribution in [0.5, 0.6) is 0 Å². The molecule has 0 radical (unpaired) electrons. The van der Waals surface area contributed by atoms with Gasteiger partial charge >= 0.3 is 5.97 Å². The number of hydrogen-bond donors (Lipinski definition) is 1. The average Bonchev–Trinajstić information content (AvgIpc) is 3.10. The SMILES string of the molecule is Cc1noc(C)c1CSc1ccccc1C(=O)OC(C)C(=O)NC1(C#N)CCCCC1. The Morgan fingerprint density at radius 1 is 1.29 bits per heavy atom. The highest BCUT2D eigenvalue weighted by atomic mass is 32.2. The first kappa shape index (κ1) is 22.9. The molecular formula is C23H27N3O4S. The summed E-state index contributed by atoms with van der Waals surface area (Å²) in [7, 11) is 0. The summed E-state index contributed by atoms with van der Waals surface area (Å²) in [6.07, 6.45) is 3.11. The van der Waals surface area contributed by atoms with Crippen LogP contribution in [0.4, 0.5) is 0 Å². The van der Waals surface area contributed by atoms with Crippen molar-refractivity contribution in [2.24, 2.45) is 0 Å². The van der Waals surface area contributed by atoms with E-state index >= 15 is 0 Å². The number of carbonyl (C=O) groups excluding carboxylic acids is 2. The number of esters is 1. The van der Waals surface area contributed by atoms with Crippen LogP contribution in [0, 0.1) is 25.2 Å². The lowest BCUT2D eigenvalue weighted by atomic mass is 9.83.